The lowest BCUT2D eigenvalue weighted by atomic mass is 10.2. The van der Waals surface area contributed by atoms with E-state index < -0.39 is 5.91 Å². The summed E-state index contributed by atoms with van der Waals surface area (Å²) in [6.45, 7) is 5.07. The summed E-state index contributed by atoms with van der Waals surface area (Å²) in [4.78, 5) is 13.7. The standard InChI is InChI=1S/C11H17N3O3/c1-8-7-16-5-3-14(8)6-9-2-4-17-10(9)11(15)13-12/h2,4,8H,3,5-7,12H2,1H3,(H,13,15). The van der Waals surface area contributed by atoms with Gasteiger partial charge in [-0.2, -0.15) is 0 Å². The zero-order chi connectivity index (χ0) is 12.3. The van der Waals surface area contributed by atoms with Gasteiger partial charge in [-0.15, -0.1) is 0 Å². The van der Waals surface area contributed by atoms with E-state index in [1.54, 1.807) is 6.07 Å². The molecule has 1 aromatic rings. The van der Waals surface area contributed by atoms with Crippen molar-refractivity contribution in [3.8, 4) is 0 Å². The number of morpholine rings is 1. The lowest BCUT2D eigenvalue weighted by Crippen LogP contribution is -2.43. The van der Waals surface area contributed by atoms with Crippen molar-refractivity contribution in [2.24, 2.45) is 5.84 Å². The number of amides is 1. The molecule has 1 unspecified atom stereocenters. The Balaban J connectivity index is 2.07. The second-order valence-electron chi connectivity index (χ2n) is 4.14. The van der Waals surface area contributed by atoms with E-state index in [9.17, 15) is 4.79 Å². The van der Waals surface area contributed by atoms with Gasteiger partial charge in [-0.1, -0.05) is 0 Å². The third kappa shape index (κ3) is 2.66. The summed E-state index contributed by atoms with van der Waals surface area (Å²) in [6, 6.07) is 2.14. The second-order valence-corrected chi connectivity index (χ2v) is 4.14. The second kappa shape index (κ2) is 5.31. The molecule has 0 saturated carbocycles. The number of nitrogens with zero attached hydrogens (tertiary/aromatic N) is 1. The Kier molecular flexibility index (Phi) is 3.78. The van der Waals surface area contributed by atoms with E-state index >= 15 is 0 Å². The van der Waals surface area contributed by atoms with Crippen LogP contribution in [0.2, 0.25) is 0 Å². The van der Waals surface area contributed by atoms with Crippen LogP contribution in [0, 0.1) is 0 Å². The number of nitrogens with two attached hydrogens (primary N) is 1. The number of hydrogen-bond acceptors (Lipinski definition) is 5. The minimum atomic E-state index is -0.397. The molecule has 2 heterocycles. The van der Waals surface area contributed by atoms with Crippen LogP contribution in [0.3, 0.4) is 0 Å². The van der Waals surface area contributed by atoms with Crippen LogP contribution in [0.5, 0.6) is 0 Å². The molecule has 0 bridgehead atoms. The molecule has 1 saturated heterocycles. The lowest BCUT2D eigenvalue weighted by molar-refractivity contribution is -0.00455. The quantitative estimate of drug-likeness (QED) is 0.444. The molecule has 1 atom stereocenters. The maximum Gasteiger partial charge on any atom is 0.301 e. The van der Waals surface area contributed by atoms with E-state index in [1.807, 2.05) is 0 Å². The van der Waals surface area contributed by atoms with Gasteiger partial charge in [-0.3, -0.25) is 15.1 Å². The Morgan fingerprint density at radius 1 is 1.71 bits per heavy atom. The number of nitrogen functional groups attached to an aromatic ring is 1. The van der Waals surface area contributed by atoms with Crippen LogP contribution in [-0.2, 0) is 11.3 Å². The highest BCUT2D eigenvalue weighted by Crippen LogP contribution is 2.16. The smallest absolute Gasteiger partial charge is 0.301 e. The van der Waals surface area contributed by atoms with Crippen LogP contribution in [0.1, 0.15) is 23.0 Å². The predicted octanol–water partition coefficient (Wildman–Crippen LogP) is 0.104. The fourth-order valence-corrected chi connectivity index (χ4v) is 1.94. The molecule has 94 valence electrons. The largest absolute Gasteiger partial charge is 0.459 e. The molecule has 0 spiro atoms. The maximum absolute atomic E-state index is 11.4. The highest BCUT2D eigenvalue weighted by Gasteiger charge is 2.22. The molecule has 6 heteroatoms. The molecular formula is C11H17N3O3. The number of ether oxygens (including phenoxy) is 1. The molecule has 6 nitrogen and oxygen atoms in total. The number of rotatable bonds is 3. The summed E-state index contributed by atoms with van der Waals surface area (Å²) in [5, 5.41) is 0. The van der Waals surface area contributed by atoms with Crippen molar-refractivity contribution in [2.45, 2.75) is 19.5 Å². The number of carbonyl (C=O) groups is 1. The molecule has 17 heavy (non-hydrogen) atoms. The SMILES string of the molecule is CC1COCCN1Cc1ccoc1C(=O)NN. The summed E-state index contributed by atoms with van der Waals surface area (Å²) >= 11 is 0. The molecule has 3 N–H and O–H groups in total. The van der Waals surface area contributed by atoms with Gasteiger partial charge < -0.3 is 9.15 Å². The van der Waals surface area contributed by atoms with Crippen LogP contribution in [0.4, 0.5) is 0 Å². The van der Waals surface area contributed by atoms with E-state index in [0.29, 0.717) is 12.6 Å². The monoisotopic (exact) mass is 239 g/mol. The minimum Gasteiger partial charge on any atom is -0.459 e. The van der Waals surface area contributed by atoms with Crippen molar-refractivity contribution >= 4 is 5.91 Å². The van der Waals surface area contributed by atoms with Crippen molar-refractivity contribution in [1.29, 1.82) is 0 Å². The summed E-state index contributed by atoms with van der Waals surface area (Å²) in [7, 11) is 0. The van der Waals surface area contributed by atoms with Crippen molar-refractivity contribution in [3.63, 3.8) is 0 Å². The van der Waals surface area contributed by atoms with Gasteiger partial charge in [0.2, 0.25) is 0 Å². The lowest BCUT2D eigenvalue weighted by Gasteiger charge is -2.32. The first kappa shape index (κ1) is 12.1. The van der Waals surface area contributed by atoms with Crippen LogP contribution in [0.25, 0.3) is 0 Å². The summed E-state index contributed by atoms with van der Waals surface area (Å²) in [5.41, 5.74) is 2.93. The van der Waals surface area contributed by atoms with E-state index in [0.717, 1.165) is 25.3 Å². The van der Waals surface area contributed by atoms with E-state index in [-0.39, 0.29) is 5.76 Å². The van der Waals surface area contributed by atoms with Crippen LogP contribution in [0.15, 0.2) is 16.7 Å². The first-order chi connectivity index (χ1) is 8.22. The van der Waals surface area contributed by atoms with Crippen molar-refractivity contribution in [2.75, 3.05) is 19.8 Å². The first-order valence-corrected chi connectivity index (χ1v) is 5.61. The molecule has 0 radical (unpaired) electrons. The minimum absolute atomic E-state index is 0.284. The van der Waals surface area contributed by atoms with Gasteiger partial charge in [0.15, 0.2) is 5.76 Å². The topological polar surface area (TPSA) is 80.7 Å². The Hall–Kier alpha value is -1.37. The molecule has 1 aromatic heterocycles. The summed E-state index contributed by atoms with van der Waals surface area (Å²) in [5.74, 6) is 4.99. The van der Waals surface area contributed by atoms with E-state index in [4.69, 9.17) is 15.0 Å². The highest BCUT2D eigenvalue weighted by atomic mass is 16.5. The Morgan fingerprint density at radius 2 is 2.53 bits per heavy atom. The number of hydrogen-bond donors (Lipinski definition) is 2. The Labute approximate surface area is 99.7 Å². The van der Waals surface area contributed by atoms with Gasteiger partial charge in [-0.05, 0) is 13.0 Å². The van der Waals surface area contributed by atoms with Gasteiger partial charge in [0.05, 0.1) is 19.5 Å². The van der Waals surface area contributed by atoms with E-state index in [2.05, 4.69) is 17.2 Å². The normalized spacial score (nSPS) is 21.4. The zero-order valence-corrected chi connectivity index (χ0v) is 9.81. The average Bonchev–Trinajstić information content (AvgIpc) is 2.79. The third-order valence-corrected chi connectivity index (χ3v) is 2.96. The van der Waals surface area contributed by atoms with Crippen molar-refractivity contribution in [1.82, 2.24) is 10.3 Å². The zero-order valence-electron chi connectivity index (χ0n) is 9.81. The molecular weight excluding hydrogens is 222 g/mol. The van der Waals surface area contributed by atoms with E-state index in [1.165, 1.54) is 6.26 Å². The van der Waals surface area contributed by atoms with Crippen LogP contribution < -0.4 is 11.3 Å². The fraction of sp³-hybridized carbons (Fsp3) is 0.545. The predicted molar refractivity (Wildman–Crippen MR) is 61.1 cm³/mol. The first-order valence-electron chi connectivity index (χ1n) is 5.61. The van der Waals surface area contributed by atoms with Gasteiger partial charge in [0.25, 0.3) is 0 Å². The third-order valence-electron chi connectivity index (χ3n) is 2.96. The molecule has 1 fully saturated rings. The Morgan fingerprint density at radius 3 is 3.24 bits per heavy atom. The van der Waals surface area contributed by atoms with Crippen molar-refractivity contribution in [3.05, 3.63) is 23.7 Å². The number of furan rings is 1. The van der Waals surface area contributed by atoms with Gasteiger partial charge in [0.1, 0.15) is 0 Å². The van der Waals surface area contributed by atoms with Crippen LogP contribution >= 0.6 is 0 Å². The highest BCUT2D eigenvalue weighted by molar-refractivity contribution is 5.92. The van der Waals surface area contributed by atoms with Gasteiger partial charge >= 0.3 is 5.91 Å². The average molecular weight is 239 g/mol. The molecule has 1 aliphatic heterocycles. The molecule has 1 aliphatic rings. The van der Waals surface area contributed by atoms with Gasteiger partial charge in [-0.25, -0.2) is 5.84 Å². The van der Waals surface area contributed by atoms with Crippen LogP contribution in [-0.4, -0.2) is 36.6 Å². The number of nitrogens with one attached hydrogen (secondary N) is 1. The molecule has 0 aliphatic carbocycles. The molecule has 1 amide bonds. The number of carbonyl (C=O) groups excluding carboxylic acids is 1. The maximum atomic E-state index is 11.4. The number of hydrazine groups is 1. The molecule has 0 aromatic carbocycles. The summed E-state index contributed by atoms with van der Waals surface area (Å²) < 4.78 is 10.5. The van der Waals surface area contributed by atoms with Gasteiger partial charge in [0, 0.05) is 24.7 Å². The molecule has 2 rings (SSSR count). The summed E-state index contributed by atoms with van der Waals surface area (Å²) in [6.07, 6.45) is 1.50. The van der Waals surface area contributed by atoms with Crippen molar-refractivity contribution < 1.29 is 13.9 Å². The Bertz CT molecular complexity index is 391. The fourth-order valence-electron chi connectivity index (χ4n) is 1.94.